The number of hydrogen-bond acceptors (Lipinski definition) is 6. The number of halogens is 4. The molecule has 0 spiro atoms. The van der Waals surface area contributed by atoms with Crippen LogP contribution in [0.1, 0.15) is 37.5 Å². The SMILES string of the molecule is CC1(C)CC(=O)C2=C(C1)N(c1ccc(OC(F)(F)F)cc1)C(N)=C(C#N)C2c1ccc(Br)s1. The monoisotopic (exact) mass is 537 g/mol. The number of hydrogen-bond donors (Lipinski definition) is 1. The van der Waals surface area contributed by atoms with Gasteiger partial charge in [0.15, 0.2) is 5.78 Å². The minimum atomic E-state index is -4.81. The lowest BCUT2D eigenvalue weighted by Crippen LogP contribution is -2.42. The predicted octanol–water partition coefficient (Wildman–Crippen LogP) is 6.35. The van der Waals surface area contributed by atoms with Crippen molar-refractivity contribution in [2.75, 3.05) is 4.90 Å². The summed E-state index contributed by atoms with van der Waals surface area (Å²) >= 11 is 4.86. The number of thiophene rings is 1. The molecule has 1 atom stereocenters. The topological polar surface area (TPSA) is 79.3 Å². The fourth-order valence-corrected chi connectivity index (χ4v) is 5.91. The average Bonchev–Trinajstić information content (AvgIpc) is 3.12. The number of rotatable bonds is 3. The van der Waals surface area contributed by atoms with Gasteiger partial charge >= 0.3 is 6.36 Å². The molecule has 172 valence electrons. The number of nitrogens with two attached hydrogens (primary N) is 1. The van der Waals surface area contributed by atoms with E-state index in [4.69, 9.17) is 5.73 Å². The molecule has 2 aliphatic rings. The molecule has 0 saturated heterocycles. The zero-order chi connectivity index (χ0) is 24.1. The number of carbonyl (C=O) groups excluding carboxylic acids is 1. The lowest BCUT2D eigenvalue weighted by Gasteiger charge is -2.43. The second-order valence-corrected chi connectivity index (χ2v) is 11.2. The number of benzene rings is 1. The predicted molar refractivity (Wildman–Crippen MR) is 122 cm³/mol. The number of alkyl halides is 3. The maximum atomic E-state index is 13.4. The number of carbonyl (C=O) groups is 1. The summed E-state index contributed by atoms with van der Waals surface area (Å²) in [6.45, 7) is 3.95. The molecule has 2 aromatic rings. The van der Waals surface area contributed by atoms with E-state index in [1.165, 1.54) is 35.6 Å². The van der Waals surface area contributed by atoms with E-state index in [-0.39, 0.29) is 28.3 Å². The second kappa shape index (κ2) is 8.22. The van der Waals surface area contributed by atoms with Gasteiger partial charge in [0.25, 0.3) is 0 Å². The molecule has 4 rings (SSSR count). The van der Waals surface area contributed by atoms with Crippen molar-refractivity contribution in [3.05, 3.63) is 67.7 Å². The molecule has 1 aromatic heterocycles. The molecule has 1 aliphatic carbocycles. The Kier molecular flexibility index (Phi) is 5.83. The Labute approximate surface area is 201 Å². The quantitative estimate of drug-likeness (QED) is 0.493. The van der Waals surface area contributed by atoms with Crippen molar-refractivity contribution in [3.63, 3.8) is 0 Å². The smallest absolute Gasteiger partial charge is 0.406 e. The molecule has 0 radical (unpaired) electrons. The van der Waals surface area contributed by atoms with E-state index in [0.29, 0.717) is 29.8 Å². The summed E-state index contributed by atoms with van der Waals surface area (Å²) in [7, 11) is 0. The maximum Gasteiger partial charge on any atom is 0.573 e. The highest BCUT2D eigenvalue weighted by Crippen LogP contribution is 2.51. The van der Waals surface area contributed by atoms with Gasteiger partial charge in [0.2, 0.25) is 0 Å². The van der Waals surface area contributed by atoms with Crippen molar-refractivity contribution in [3.8, 4) is 11.8 Å². The molecule has 2 N–H and O–H groups in total. The van der Waals surface area contributed by atoms with Gasteiger partial charge in [-0.05, 0) is 64.2 Å². The van der Waals surface area contributed by atoms with Gasteiger partial charge in [0.1, 0.15) is 11.6 Å². The van der Waals surface area contributed by atoms with Crippen molar-refractivity contribution in [2.24, 2.45) is 11.1 Å². The van der Waals surface area contributed by atoms with Crippen molar-refractivity contribution >= 4 is 38.7 Å². The van der Waals surface area contributed by atoms with E-state index in [0.717, 1.165) is 8.66 Å². The lowest BCUT2D eigenvalue weighted by atomic mass is 9.69. The molecule has 2 heterocycles. The summed E-state index contributed by atoms with van der Waals surface area (Å²) < 4.78 is 42.5. The third kappa shape index (κ3) is 4.52. The average molecular weight is 538 g/mol. The molecule has 1 unspecified atom stereocenters. The van der Waals surface area contributed by atoms with Gasteiger partial charge in [-0.2, -0.15) is 5.26 Å². The number of Topliss-reactive ketones (excluding diaryl/α,β-unsaturated/α-hetero) is 1. The third-order valence-electron chi connectivity index (χ3n) is 5.59. The summed E-state index contributed by atoms with van der Waals surface area (Å²) in [5.74, 6) is -0.880. The molecule has 1 aliphatic heterocycles. The van der Waals surface area contributed by atoms with Crippen LogP contribution in [0.15, 0.2) is 62.8 Å². The number of nitrogens with zero attached hydrogens (tertiary/aromatic N) is 2. The van der Waals surface area contributed by atoms with E-state index in [9.17, 15) is 23.2 Å². The summed E-state index contributed by atoms with van der Waals surface area (Å²) in [6.07, 6.45) is -3.98. The summed E-state index contributed by atoms with van der Waals surface area (Å²) in [5.41, 5.74) is 7.99. The number of ketones is 1. The first-order chi connectivity index (χ1) is 15.4. The van der Waals surface area contributed by atoms with Crippen LogP contribution in [0.25, 0.3) is 0 Å². The van der Waals surface area contributed by atoms with Gasteiger partial charge in [-0.15, -0.1) is 24.5 Å². The Hall–Kier alpha value is -2.77. The minimum Gasteiger partial charge on any atom is -0.406 e. The van der Waals surface area contributed by atoms with Crippen LogP contribution >= 0.6 is 27.3 Å². The van der Waals surface area contributed by atoms with Crippen LogP contribution in [-0.4, -0.2) is 12.1 Å². The lowest BCUT2D eigenvalue weighted by molar-refractivity contribution is -0.274. The first-order valence-electron chi connectivity index (χ1n) is 9.97. The zero-order valence-corrected chi connectivity index (χ0v) is 20.1. The van der Waals surface area contributed by atoms with Gasteiger partial charge in [-0.1, -0.05) is 13.8 Å². The Bertz CT molecular complexity index is 1220. The molecule has 10 heteroatoms. The minimum absolute atomic E-state index is 0.0713. The first kappa shape index (κ1) is 23.4. The van der Waals surface area contributed by atoms with Gasteiger partial charge in [0, 0.05) is 28.3 Å². The molecule has 5 nitrogen and oxygen atoms in total. The van der Waals surface area contributed by atoms with E-state index >= 15 is 0 Å². The third-order valence-corrected chi connectivity index (χ3v) is 7.28. The van der Waals surface area contributed by atoms with Crippen molar-refractivity contribution in [1.29, 1.82) is 5.26 Å². The largest absolute Gasteiger partial charge is 0.573 e. The van der Waals surface area contributed by atoms with Gasteiger partial charge in [-0.3, -0.25) is 9.69 Å². The standard InChI is InChI=1S/C23H19BrF3N3O2S/c1-22(2)9-15-20(16(31)10-22)19(17-7-8-18(24)33-17)14(11-28)21(29)30(15)12-3-5-13(6-4-12)32-23(25,26)27/h3-8,19H,9-10,29H2,1-2H3. The van der Waals surface area contributed by atoms with E-state index in [1.54, 1.807) is 4.90 Å². The number of nitriles is 1. The number of allylic oxidation sites excluding steroid dienone is 3. The molecular weight excluding hydrogens is 519 g/mol. The van der Waals surface area contributed by atoms with Crippen LogP contribution in [0, 0.1) is 16.7 Å². The van der Waals surface area contributed by atoms with Gasteiger partial charge in [0.05, 0.1) is 21.3 Å². The van der Waals surface area contributed by atoms with Crippen molar-refractivity contribution in [1.82, 2.24) is 0 Å². The molecule has 0 saturated carbocycles. The van der Waals surface area contributed by atoms with Crippen LogP contribution in [0.3, 0.4) is 0 Å². The Morgan fingerprint density at radius 3 is 2.42 bits per heavy atom. The Morgan fingerprint density at radius 2 is 1.88 bits per heavy atom. The summed E-state index contributed by atoms with van der Waals surface area (Å²) in [6, 6.07) is 11.1. The highest BCUT2D eigenvalue weighted by Gasteiger charge is 2.45. The molecule has 0 fully saturated rings. The van der Waals surface area contributed by atoms with Gasteiger partial charge < -0.3 is 10.5 Å². The fourth-order valence-electron chi connectivity index (χ4n) is 4.37. The zero-order valence-electron chi connectivity index (χ0n) is 17.7. The van der Waals surface area contributed by atoms with E-state index < -0.39 is 12.3 Å². The van der Waals surface area contributed by atoms with Crippen LogP contribution in [0.4, 0.5) is 18.9 Å². The van der Waals surface area contributed by atoms with E-state index in [1.807, 2.05) is 26.0 Å². The normalized spacial score (nSPS) is 20.6. The molecule has 1 aromatic carbocycles. The first-order valence-corrected chi connectivity index (χ1v) is 11.6. The van der Waals surface area contributed by atoms with Crippen LogP contribution in [0.2, 0.25) is 0 Å². The molecular formula is C23H19BrF3N3O2S. The summed E-state index contributed by atoms with van der Waals surface area (Å²) in [4.78, 5) is 15.8. The molecule has 0 amide bonds. The highest BCUT2D eigenvalue weighted by molar-refractivity contribution is 9.11. The van der Waals surface area contributed by atoms with Crippen molar-refractivity contribution < 1.29 is 22.7 Å². The van der Waals surface area contributed by atoms with Crippen molar-refractivity contribution in [2.45, 2.75) is 39.0 Å². The van der Waals surface area contributed by atoms with E-state index in [2.05, 4.69) is 26.7 Å². The van der Waals surface area contributed by atoms with Crippen LogP contribution in [-0.2, 0) is 4.79 Å². The Balaban J connectivity index is 1.88. The molecule has 33 heavy (non-hydrogen) atoms. The maximum absolute atomic E-state index is 13.4. The Morgan fingerprint density at radius 1 is 1.21 bits per heavy atom. The number of ether oxygens (including phenoxy) is 1. The van der Waals surface area contributed by atoms with Crippen LogP contribution < -0.4 is 15.4 Å². The van der Waals surface area contributed by atoms with Crippen LogP contribution in [0.5, 0.6) is 5.75 Å². The molecule has 0 bridgehead atoms. The second-order valence-electron chi connectivity index (χ2n) is 8.66. The summed E-state index contributed by atoms with van der Waals surface area (Å²) in [5, 5.41) is 10.0. The number of anilines is 1. The fraction of sp³-hybridized carbons (Fsp3) is 0.304. The van der Waals surface area contributed by atoms with Gasteiger partial charge in [-0.25, -0.2) is 0 Å². The highest BCUT2D eigenvalue weighted by atomic mass is 79.9.